The summed E-state index contributed by atoms with van der Waals surface area (Å²) in [6.07, 6.45) is 0. The molecular weight excluding hydrogens is 236 g/mol. The first-order chi connectivity index (χ1) is 8.15. The molecule has 5 N–H and O–H groups in total. The molecule has 17 heavy (non-hydrogen) atoms. The number of benzene rings is 1. The van der Waals surface area contributed by atoms with Gasteiger partial charge >= 0.3 is 0 Å². The van der Waals surface area contributed by atoms with Crippen molar-refractivity contribution in [3.8, 4) is 0 Å². The van der Waals surface area contributed by atoms with Gasteiger partial charge in [0.1, 0.15) is 11.6 Å². The van der Waals surface area contributed by atoms with Crippen LogP contribution in [0.1, 0.15) is 5.56 Å². The van der Waals surface area contributed by atoms with E-state index in [1.165, 1.54) is 0 Å². The number of nitrogen functional groups attached to an aromatic ring is 2. The topological polar surface area (TPSA) is 77.0 Å². The lowest BCUT2D eigenvalue weighted by molar-refractivity contribution is 1.11. The van der Waals surface area contributed by atoms with Gasteiger partial charge in [0.15, 0.2) is 0 Å². The molecule has 0 bridgehead atoms. The SMILES string of the molecule is Nc1ccc(NCc2ccc(Cl)cc2)nc1N. The van der Waals surface area contributed by atoms with Gasteiger partial charge in [-0.1, -0.05) is 23.7 Å². The largest absolute Gasteiger partial charge is 0.396 e. The Morgan fingerprint density at radius 3 is 2.41 bits per heavy atom. The van der Waals surface area contributed by atoms with Crippen LogP contribution in [0.2, 0.25) is 5.02 Å². The molecule has 1 heterocycles. The van der Waals surface area contributed by atoms with Gasteiger partial charge in [-0.25, -0.2) is 4.98 Å². The smallest absolute Gasteiger partial charge is 0.149 e. The average Bonchev–Trinajstić information content (AvgIpc) is 2.33. The Morgan fingerprint density at radius 1 is 1.06 bits per heavy atom. The molecule has 0 fully saturated rings. The van der Waals surface area contributed by atoms with Gasteiger partial charge in [0, 0.05) is 11.6 Å². The number of rotatable bonds is 3. The first-order valence-electron chi connectivity index (χ1n) is 5.15. The van der Waals surface area contributed by atoms with Crippen molar-refractivity contribution >= 4 is 28.9 Å². The highest BCUT2D eigenvalue weighted by Gasteiger charge is 1.99. The maximum Gasteiger partial charge on any atom is 0.149 e. The van der Waals surface area contributed by atoms with E-state index in [9.17, 15) is 0 Å². The summed E-state index contributed by atoms with van der Waals surface area (Å²) in [5, 5.41) is 3.88. The number of nitrogens with one attached hydrogen (secondary N) is 1. The van der Waals surface area contributed by atoms with Crippen LogP contribution in [0, 0.1) is 0 Å². The quantitative estimate of drug-likeness (QED) is 0.780. The second-order valence-electron chi connectivity index (χ2n) is 3.65. The van der Waals surface area contributed by atoms with E-state index in [4.69, 9.17) is 23.1 Å². The van der Waals surface area contributed by atoms with Crippen molar-refractivity contribution in [2.45, 2.75) is 6.54 Å². The molecule has 0 aliphatic rings. The van der Waals surface area contributed by atoms with E-state index in [0.29, 0.717) is 23.9 Å². The molecule has 0 aliphatic carbocycles. The van der Waals surface area contributed by atoms with Gasteiger partial charge in [0.05, 0.1) is 5.69 Å². The fraction of sp³-hybridized carbons (Fsp3) is 0.0833. The summed E-state index contributed by atoms with van der Waals surface area (Å²) in [6.45, 7) is 0.660. The third-order valence-electron chi connectivity index (χ3n) is 2.34. The number of hydrogen-bond donors (Lipinski definition) is 3. The second kappa shape index (κ2) is 4.93. The summed E-state index contributed by atoms with van der Waals surface area (Å²) in [5.41, 5.74) is 12.8. The molecule has 2 aromatic rings. The summed E-state index contributed by atoms with van der Waals surface area (Å²) < 4.78 is 0. The zero-order chi connectivity index (χ0) is 12.3. The van der Waals surface area contributed by atoms with E-state index < -0.39 is 0 Å². The van der Waals surface area contributed by atoms with E-state index in [0.717, 1.165) is 10.6 Å². The molecule has 2 rings (SSSR count). The van der Waals surface area contributed by atoms with E-state index in [1.54, 1.807) is 12.1 Å². The second-order valence-corrected chi connectivity index (χ2v) is 4.09. The van der Waals surface area contributed by atoms with Gasteiger partial charge in [0.25, 0.3) is 0 Å². The predicted molar refractivity (Wildman–Crippen MR) is 71.8 cm³/mol. The molecule has 0 saturated carbocycles. The summed E-state index contributed by atoms with van der Waals surface area (Å²) in [7, 11) is 0. The van der Waals surface area contributed by atoms with E-state index in [2.05, 4.69) is 10.3 Å². The van der Waals surface area contributed by atoms with Crippen molar-refractivity contribution in [1.29, 1.82) is 0 Å². The number of nitrogens with zero attached hydrogens (tertiary/aromatic N) is 1. The minimum atomic E-state index is 0.339. The third-order valence-corrected chi connectivity index (χ3v) is 2.60. The summed E-state index contributed by atoms with van der Waals surface area (Å²) >= 11 is 5.80. The van der Waals surface area contributed by atoms with Gasteiger partial charge in [-0.15, -0.1) is 0 Å². The van der Waals surface area contributed by atoms with Crippen molar-refractivity contribution in [2.75, 3.05) is 16.8 Å². The van der Waals surface area contributed by atoms with Gasteiger partial charge < -0.3 is 16.8 Å². The van der Waals surface area contributed by atoms with Crippen LogP contribution < -0.4 is 16.8 Å². The molecule has 5 heteroatoms. The molecule has 0 aliphatic heterocycles. The lowest BCUT2D eigenvalue weighted by Gasteiger charge is -2.07. The van der Waals surface area contributed by atoms with Crippen LogP contribution >= 0.6 is 11.6 Å². The lowest BCUT2D eigenvalue weighted by atomic mass is 10.2. The Bertz CT molecular complexity index is 510. The van der Waals surface area contributed by atoms with Crippen LogP contribution in [0.15, 0.2) is 36.4 Å². The molecule has 0 unspecified atom stereocenters. The molecule has 0 amide bonds. The number of pyridine rings is 1. The highest BCUT2D eigenvalue weighted by Crippen LogP contribution is 2.16. The molecule has 88 valence electrons. The predicted octanol–water partition coefficient (Wildman–Crippen LogP) is 2.51. The van der Waals surface area contributed by atoms with E-state index in [-0.39, 0.29) is 0 Å². The van der Waals surface area contributed by atoms with Crippen LogP contribution in [0.3, 0.4) is 0 Å². The fourth-order valence-corrected chi connectivity index (χ4v) is 1.51. The Morgan fingerprint density at radius 2 is 1.76 bits per heavy atom. The normalized spacial score (nSPS) is 10.2. The van der Waals surface area contributed by atoms with Crippen LogP contribution in [0.25, 0.3) is 0 Å². The zero-order valence-corrected chi connectivity index (χ0v) is 9.91. The molecule has 4 nitrogen and oxygen atoms in total. The summed E-state index contributed by atoms with van der Waals surface area (Å²) in [5.74, 6) is 1.04. The van der Waals surface area contributed by atoms with Gasteiger partial charge in [-0.05, 0) is 29.8 Å². The van der Waals surface area contributed by atoms with Crippen molar-refractivity contribution in [3.05, 3.63) is 47.0 Å². The molecule has 1 aromatic heterocycles. The first kappa shape index (κ1) is 11.5. The van der Waals surface area contributed by atoms with Crippen LogP contribution in [0.4, 0.5) is 17.3 Å². The van der Waals surface area contributed by atoms with Crippen molar-refractivity contribution < 1.29 is 0 Å². The molecule has 1 aromatic carbocycles. The van der Waals surface area contributed by atoms with Crippen molar-refractivity contribution in [1.82, 2.24) is 4.98 Å². The number of anilines is 3. The highest BCUT2D eigenvalue weighted by atomic mass is 35.5. The van der Waals surface area contributed by atoms with Crippen molar-refractivity contribution in [3.63, 3.8) is 0 Å². The number of hydrogen-bond acceptors (Lipinski definition) is 4. The zero-order valence-electron chi connectivity index (χ0n) is 9.15. The minimum absolute atomic E-state index is 0.339. The fourth-order valence-electron chi connectivity index (χ4n) is 1.38. The van der Waals surface area contributed by atoms with Crippen molar-refractivity contribution in [2.24, 2.45) is 0 Å². The monoisotopic (exact) mass is 248 g/mol. The minimum Gasteiger partial charge on any atom is -0.396 e. The number of aromatic nitrogens is 1. The molecule has 0 spiro atoms. The first-order valence-corrected chi connectivity index (χ1v) is 5.53. The van der Waals surface area contributed by atoms with Crippen LogP contribution in [-0.4, -0.2) is 4.98 Å². The Labute approximate surface area is 105 Å². The lowest BCUT2D eigenvalue weighted by Crippen LogP contribution is -2.04. The molecule has 0 radical (unpaired) electrons. The van der Waals surface area contributed by atoms with Gasteiger partial charge in [0.2, 0.25) is 0 Å². The van der Waals surface area contributed by atoms with E-state index in [1.807, 2.05) is 24.3 Å². The maximum absolute atomic E-state index is 5.80. The Hall–Kier alpha value is -1.94. The Balaban J connectivity index is 2.02. The van der Waals surface area contributed by atoms with Crippen LogP contribution in [-0.2, 0) is 6.54 Å². The summed E-state index contributed by atoms with van der Waals surface area (Å²) in [6, 6.07) is 11.1. The number of nitrogens with two attached hydrogens (primary N) is 2. The van der Waals surface area contributed by atoms with E-state index >= 15 is 0 Å². The Kier molecular flexibility index (Phi) is 3.35. The van der Waals surface area contributed by atoms with Gasteiger partial charge in [-0.2, -0.15) is 0 Å². The average molecular weight is 249 g/mol. The van der Waals surface area contributed by atoms with Crippen LogP contribution in [0.5, 0.6) is 0 Å². The molecular formula is C12H13ClN4. The highest BCUT2D eigenvalue weighted by molar-refractivity contribution is 6.30. The number of halogens is 1. The summed E-state index contributed by atoms with van der Waals surface area (Å²) in [4.78, 5) is 4.12. The maximum atomic E-state index is 5.80. The standard InChI is InChI=1S/C12H13ClN4/c13-9-3-1-8(2-4-9)7-16-11-6-5-10(14)12(15)17-11/h1-6H,7,14H2,(H3,15,16,17). The van der Waals surface area contributed by atoms with Gasteiger partial charge in [-0.3, -0.25) is 0 Å². The molecule has 0 saturated heterocycles. The third kappa shape index (κ3) is 3.01. The molecule has 0 atom stereocenters.